The lowest BCUT2D eigenvalue weighted by Gasteiger charge is -1.93. The predicted molar refractivity (Wildman–Crippen MR) is 35.2 cm³/mol. The summed E-state index contributed by atoms with van der Waals surface area (Å²) in [7, 11) is 0. The minimum Gasteiger partial charge on any atom is -0.478 e. The molecule has 10 heavy (non-hydrogen) atoms. The largest absolute Gasteiger partial charge is 0.478 e. The minimum atomic E-state index is -0.920. The van der Waals surface area contributed by atoms with Crippen LogP contribution in [-0.2, 0) is 9.53 Å². The average molecular weight is 140 g/mol. The van der Waals surface area contributed by atoms with Crippen LogP contribution in [0.2, 0.25) is 0 Å². The summed E-state index contributed by atoms with van der Waals surface area (Å²) in [5.41, 5.74) is 0.310. The number of carboxylic acids is 1. The van der Waals surface area contributed by atoms with Crippen LogP contribution in [0.3, 0.4) is 0 Å². The van der Waals surface area contributed by atoms with Crippen molar-refractivity contribution in [1.82, 2.24) is 0 Å². The third-order valence-corrected chi connectivity index (χ3v) is 1.35. The van der Waals surface area contributed by atoms with Crippen LogP contribution in [0.4, 0.5) is 0 Å². The van der Waals surface area contributed by atoms with Gasteiger partial charge in [-0.15, -0.1) is 0 Å². The number of allylic oxidation sites excluding steroid dienone is 2. The van der Waals surface area contributed by atoms with Crippen molar-refractivity contribution in [1.29, 1.82) is 0 Å². The molecule has 0 aromatic carbocycles. The monoisotopic (exact) mass is 140 g/mol. The summed E-state index contributed by atoms with van der Waals surface area (Å²) in [6.45, 7) is 5.14. The summed E-state index contributed by atoms with van der Waals surface area (Å²) in [6.07, 6.45) is 0.334. The zero-order valence-corrected chi connectivity index (χ0v) is 5.68. The molecule has 1 heterocycles. The second-order valence-corrected chi connectivity index (χ2v) is 2.16. The molecular formula is C7H8O3. The van der Waals surface area contributed by atoms with E-state index in [9.17, 15) is 4.79 Å². The van der Waals surface area contributed by atoms with E-state index in [1.165, 1.54) is 0 Å². The Kier molecular flexibility index (Phi) is 1.49. The zero-order chi connectivity index (χ0) is 7.72. The molecule has 0 fully saturated rings. The van der Waals surface area contributed by atoms with Gasteiger partial charge in [0.05, 0.1) is 5.57 Å². The second-order valence-electron chi connectivity index (χ2n) is 2.16. The van der Waals surface area contributed by atoms with Gasteiger partial charge in [-0.3, -0.25) is 0 Å². The topological polar surface area (TPSA) is 46.5 Å². The number of hydrogen-bond acceptors (Lipinski definition) is 2. The first-order chi connectivity index (χ1) is 4.61. The highest BCUT2D eigenvalue weighted by Gasteiger charge is 2.21. The fourth-order valence-corrected chi connectivity index (χ4v) is 0.862. The first-order valence-corrected chi connectivity index (χ1v) is 2.90. The Hall–Kier alpha value is -1.25. The van der Waals surface area contributed by atoms with Crippen LogP contribution in [0.1, 0.15) is 13.3 Å². The lowest BCUT2D eigenvalue weighted by molar-refractivity contribution is -0.132. The molecular weight excluding hydrogens is 132 g/mol. The first-order valence-electron chi connectivity index (χ1n) is 2.90. The Bertz CT molecular complexity index is 225. The standard InChI is InChI=1S/C7H8O3/c1-4-3-6(7(8)9)5(2)10-4/h1,3H2,2H3,(H,8,9). The summed E-state index contributed by atoms with van der Waals surface area (Å²) in [5, 5.41) is 8.52. The van der Waals surface area contributed by atoms with E-state index in [-0.39, 0.29) is 0 Å². The van der Waals surface area contributed by atoms with Crippen molar-refractivity contribution in [3.05, 3.63) is 23.7 Å². The average Bonchev–Trinajstić information content (AvgIpc) is 2.10. The van der Waals surface area contributed by atoms with Gasteiger partial charge in [-0.1, -0.05) is 6.58 Å². The van der Waals surface area contributed by atoms with Crippen molar-refractivity contribution < 1.29 is 14.6 Å². The number of hydrogen-bond donors (Lipinski definition) is 1. The molecule has 0 radical (unpaired) electrons. The maximum absolute atomic E-state index is 10.4. The maximum atomic E-state index is 10.4. The molecule has 0 aromatic rings. The summed E-state index contributed by atoms with van der Waals surface area (Å²) in [5.74, 6) is 0.0450. The summed E-state index contributed by atoms with van der Waals surface area (Å²) < 4.78 is 4.94. The summed E-state index contributed by atoms with van der Waals surface area (Å²) in [4.78, 5) is 10.4. The van der Waals surface area contributed by atoms with Crippen molar-refractivity contribution in [2.45, 2.75) is 13.3 Å². The van der Waals surface area contributed by atoms with Gasteiger partial charge in [0.15, 0.2) is 0 Å². The molecule has 0 amide bonds. The molecule has 1 N–H and O–H groups in total. The van der Waals surface area contributed by atoms with E-state index in [1.54, 1.807) is 6.92 Å². The molecule has 3 heteroatoms. The quantitative estimate of drug-likeness (QED) is 0.596. The van der Waals surface area contributed by atoms with Crippen LogP contribution >= 0.6 is 0 Å². The van der Waals surface area contributed by atoms with E-state index >= 15 is 0 Å². The van der Waals surface area contributed by atoms with Gasteiger partial charge >= 0.3 is 5.97 Å². The van der Waals surface area contributed by atoms with E-state index in [0.29, 0.717) is 23.5 Å². The number of carbonyl (C=O) groups is 1. The highest BCUT2D eigenvalue weighted by Crippen LogP contribution is 2.25. The molecule has 1 aliphatic rings. The molecule has 3 nitrogen and oxygen atoms in total. The lowest BCUT2D eigenvalue weighted by Crippen LogP contribution is -1.98. The van der Waals surface area contributed by atoms with Crippen molar-refractivity contribution in [2.24, 2.45) is 0 Å². The molecule has 0 saturated carbocycles. The van der Waals surface area contributed by atoms with E-state index in [1.807, 2.05) is 0 Å². The Morgan fingerprint density at radius 1 is 1.80 bits per heavy atom. The van der Waals surface area contributed by atoms with Gasteiger partial charge in [0, 0.05) is 6.42 Å². The van der Waals surface area contributed by atoms with Gasteiger partial charge in [0.25, 0.3) is 0 Å². The molecule has 0 unspecified atom stereocenters. The van der Waals surface area contributed by atoms with Gasteiger partial charge in [0.2, 0.25) is 0 Å². The molecule has 0 bridgehead atoms. The molecule has 1 rings (SSSR count). The van der Waals surface area contributed by atoms with Crippen LogP contribution in [-0.4, -0.2) is 11.1 Å². The van der Waals surface area contributed by atoms with E-state index in [0.717, 1.165) is 0 Å². The second kappa shape index (κ2) is 2.17. The molecule has 0 spiro atoms. The number of rotatable bonds is 1. The maximum Gasteiger partial charge on any atom is 0.335 e. The molecule has 0 aliphatic carbocycles. The van der Waals surface area contributed by atoms with Crippen LogP contribution in [0, 0.1) is 0 Å². The van der Waals surface area contributed by atoms with Gasteiger partial charge in [0.1, 0.15) is 11.5 Å². The van der Waals surface area contributed by atoms with Crippen molar-refractivity contribution in [2.75, 3.05) is 0 Å². The van der Waals surface area contributed by atoms with E-state index in [4.69, 9.17) is 9.84 Å². The van der Waals surface area contributed by atoms with Gasteiger partial charge in [-0.25, -0.2) is 4.79 Å². The van der Waals surface area contributed by atoms with Crippen molar-refractivity contribution in [3.63, 3.8) is 0 Å². The molecule has 0 saturated heterocycles. The Morgan fingerprint density at radius 3 is 2.60 bits per heavy atom. The molecule has 1 aliphatic heterocycles. The van der Waals surface area contributed by atoms with Crippen molar-refractivity contribution in [3.8, 4) is 0 Å². The van der Waals surface area contributed by atoms with Gasteiger partial charge in [-0.05, 0) is 6.92 Å². The normalized spacial score (nSPS) is 17.5. The van der Waals surface area contributed by atoms with Gasteiger partial charge < -0.3 is 9.84 Å². The third kappa shape index (κ3) is 1.03. The van der Waals surface area contributed by atoms with Crippen molar-refractivity contribution >= 4 is 5.97 Å². The van der Waals surface area contributed by atoms with E-state index in [2.05, 4.69) is 6.58 Å². The SMILES string of the molecule is C=C1CC(C(=O)O)=C(C)O1. The number of ether oxygens (including phenoxy) is 1. The molecule has 54 valence electrons. The number of carboxylic acid groups (broad SMARTS) is 1. The smallest absolute Gasteiger partial charge is 0.335 e. The fraction of sp³-hybridized carbons (Fsp3) is 0.286. The molecule has 0 aromatic heterocycles. The summed E-state index contributed by atoms with van der Waals surface area (Å²) in [6, 6.07) is 0. The Labute approximate surface area is 58.6 Å². The van der Waals surface area contributed by atoms with Crippen LogP contribution < -0.4 is 0 Å². The minimum absolute atomic E-state index is 0.310. The number of aliphatic carboxylic acids is 1. The highest BCUT2D eigenvalue weighted by atomic mass is 16.5. The Morgan fingerprint density at radius 2 is 2.40 bits per heavy atom. The third-order valence-electron chi connectivity index (χ3n) is 1.35. The molecule has 0 atom stereocenters. The first kappa shape index (κ1) is 6.86. The Balaban J connectivity index is 2.86. The van der Waals surface area contributed by atoms with Crippen LogP contribution in [0.25, 0.3) is 0 Å². The predicted octanol–water partition coefficient (Wildman–Crippen LogP) is 1.28. The van der Waals surface area contributed by atoms with Crippen LogP contribution in [0.15, 0.2) is 23.7 Å². The van der Waals surface area contributed by atoms with E-state index < -0.39 is 5.97 Å². The lowest BCUT2D eigenvalue weighted by atomic mass is 10.2. The van der Waals surface area contributed by atoms with Crippen LogP contribution in [0.5, 0.6) is 0 Å². The highest BCUT2D eigenvalue weighted by molar-refractivity contribution is 5.88. The zero-order valence-electron chi connectivity index (χ0n) is 5.68. The fourth-order valence-electron chi connectivity index (χ4n) is 0.862. The van der Waals surface area contributed by atoms with Gasteiger partial charge in [-0.2, -0.15) is 0 Å². The summed E-state index contributed by atoms with van der Waals surface area (Å²) >= 11 is 0.